The third-order valence-electron chi connectivity index (χ3n) is 6.82. The molecule has 2 aliphatic rings. The highest BCUT2D eigenvalue weighted by molar-refractivity contribution is 6.37. The van der Waals surface area contributed by atoms with Crippen LogP contribution in [0.2, 0.25) is 10.0 Å². The van der Waals surface area contributed by atoms with Crippen molar-refractivity contribution in [1.29, 1.82) is 0 Å². The molecule has 3 atom stereocenters. The second-order valence-corrected chi connectivity index (χ2v) is 9.49. The van der Waals surface area contributed by atoms with E-state index in [1.54, 1.807) is 66.5 Å². The lowest BCUT2D eigenvalue weighted by molar-refractivity contribution is -0.534. The van der Waals surface area contributed by atoms with Crippen LogP contribution in [-0.2, 0) is 16.9 Å². The third kappa shape index (κ3) is 3.64. The number of nitro groups is 1. The van der Waals surface area contributed by atoms with E-state index < -0.39 is 34.1 Å². The van der Waals surface area contributed by atoms with Crippen LogP contribution in [0.4, 0.5) is 10.1 Å². The first-order valence-corrected chi connectivity index (χ1v) is 11.6. The molecule has 35 heavy (non-hydrogen) atoms. The zero-order valence-electron chi connectivity index (χ0n) is 18.5. The molecule has 7 nitrogen and oxygen atoms in total. The fraction of sp³-hybridized carbons (Fsp3) is 0.240. The molecule has 0 aliphatic carbocycles. The molecular formula is C25H20Cl2FN3O4. The average molecular weight is 516 g/mol. The Hall–Kier alpha value is -3.20. The number of amides is 1. The number of rotatable bonds is 5. The molecule has 0 radical (unpaired) electrons. The summed E-state index contributed by atoms with van der Waals surface area (Å²) in [6, 6.07) is 15.0. The normalized spacial score (nSPS) is 23.4. The number of carbonyl (C=O) groups excluding carboxylic acids is 1. The van der Waals surface area contributed by atoms with Gasteiger partial charge in [-0.25, -0.2) is 4.39 Å². The smallest absolute Gasteiger partial charge is 0.256 e. The zero-order chi connectivity index (χ0) is 24.9. The Morgan fingerprint density at radius 2 is 1.83 bits per heavy atom. The van der Waals surface area contributed by atoms with Gasteiger partial charge in [-0.05, 0) is 36.9 Å². The van der Waals surface area contributed by atoms with Gasteiger partial charge in [0.15, 0.2) is 11.3 Å². The highest BCUT2D eigenvalue weighted by Crippen LogP contribution is 2.52. The lowest BCUT2D eigenvalue weighted by atomic mass is 9.79. The molecule has 2 aliphatic heterocycles. The molecule has 1 N–H and O–H groups in total. The fourth-order valence-electron chi connectivity index (χ4n) is 5.28. The minimum atomic E-state index is -1.47. The summed E-state index contributed by atoms with van der Waals surface area (Å²) in [6.45, 7) is 0.144. The number of likely N-dealkylation sites (tertiary alicyclic amines) is 1. The van der Waals surface area contributed by atoms with Gasteiger partial charge in [0.05, 0.1) is 16.0 Å². The summed E-state index contributed by atoms with van der Waals surface area (Å²) in [5.74, 6) is -1.38. The van der Waals surface area contributed by atoms with Crippen LogP contribution >= 0.6 is 23.2 Å². The predicted octanol–water partition coefficient (Wildman–Crippen LogP) is 5.23. The van der Waals surface area contributed by atoms with Crippen LogP contribution in [0.5, 0.6) is 5.75 Å². The molecule has 10 heteroatoms. The van der Waals surface area contributed by atoms with E-state index in [-0.39, 0.29) is 28.9 Å². The van der Waals surface area contributed by atoms with Gasteiger partial charge in [-0.1, -0.05) is 59.6 Å². The van der Waals surface area contributed by atoms with Gasteiger partial charge in [0, 0.05) is 28.3 Å². The highest BCUT2D eigenvalue weighted by Gasteiger charge is 2.68. The lowest BCUT2D eigenvalue weighted by Crippen LogP contribution is -2.54. The summed E-state index contributed by atoms with van der Waals surface area (Å²) in [5.41, 5.74) is 0.510. The van der Waals surface area contributed by atoms with E-state index in [1.165, 1.54) is 6.07 Å². The minimum Gasteiger partial charge on any atom is -0.486 e. The first kappa shape index (κ1) is 23.5. The molecule has 1 amide bonds. The highest BCUT2D eigenvalue weighted by atomic mass is 35.5. The molecule has 180 valence electrons. The number of ether oxygens (including phenoxy) is 1. The molecule has 3 aromatic carbocycles. The molecule has 0 saturated carbocycles. The Kier molecular flexibility index (Phi) is 5.91. The SMILES string of the molecule is CN1C[C@H](c2cc(Cl)c(OCc3ccccc3F)c(Cl)c2)[C@@H]([N+](=O)[O-])[C@]12C(=O)Nc1ccccc12. The van der Waals surface area contributed by atoms with Gasteiger partial charge >= 0.3 is 0 Å². The molecule has 3 aromatic rings. The maximum atomic E-state index is 14.0. The maximum Gasteiger partial charge on any atom is 0.256 e. The number of benzene rings is 3. The van der Waals surface area contributed by atoms with Crippen molar-refractivity contribution in [3.8, 4) is 5.75 Å². The Morgan fingerprint density at radius 3 is 2.51 bits per heavy atom. The van der Waals surface area contributed by atoms with E-state index in [0.29, 0.717) is 22.4 Å². The van der Waals surface area contributed by atoms with Gasteiger partial charge in [-0.15, -0.1) is 0 Å². The van der Waals surface area contributed by atoms with E-state index in [4.69, 9.17) is 27.9 Å². The Balaban J connectivity index is 1.51. The first-order chi connectivity index (χ1) is 16.7. The molecule has 0 bridgehead atoms. The van der Waals surface area contributed by atoms with Crippen molar-refractivity contribution < 1.29 is 18.8 Å². The third-order valence-corrected chi connectivity index (χ3v) is 7.38. The van der Waals surface area contributed by atoms with Gasteiger partial charge < -0.3 is 10.1 Å². The largest absolute Gasteiger partial charge is 0.486 e. The van der Waals surface area contributed by atoms with E-state index in [2.05, 4.69) is 5.32 Å². The summed E-state index contributed by atoms with van der Waals surface area (Å²) >= 11 is 13.0. The number of hydrogen-bond donors (Lipinski definition) is 1. The number of likely N-dealkylation sites (N-methyl/N-ethyl adjacent to an activating group) is 1. The van der Waals surface area contributed by atoms with Crippen molar-refractivity contribution in [3.05, 3.63) is 103 Å². The van der Waals surface area contributed by atoms with Crippen molar-refractivity contribution in [1.82, 2.24) is 4.90 Å². The van der Waals surface area contributed by atoms with Crippen LogP contribution in [0.3, 0.4) is 0 Å². The summed E-state index contributed by atoms with van der Waals surface area (Å²) < 4.78 is 19.6. The van der Waals surface area contributed by atoms with Gasteiger partial charge in [0.1, 0.15) is 12.4 Å². The first-order valence-electron chi connectivity index (χ1n) is 10.9. The van der Waals surface area contributed by atoms with E-state index in [0.717, 1.165) is 0 Å². The van der Waals surface area contributed by atoms with Gasteiger partial charge in [0.25, 0.3) is 11.9 Å². The lowest BCUT2D eigenvalue weighted by Gasteiger charge is -2.30. The minimum absolute atomic E-state index is 0.0881. The molecule has 0 unspecified atom stereocenters. The molecule has 0 aromatic heterocycles. The summed E-state index contributed by atoms with van der Waals surface area (Å²) in [7, 11) is 1.70. The predicted molar refractivity (Wildman–Crippen MR) is 130 cm³/mol. The topological polar surface area (TPSA) is 84.7 Å². The number of halogens is 3. The molecule has 1 saturated heterocycles. The monoisotopic (exact) mass is 515 g/mol. The molecular weight excluding hydrogens is 496 g/mol. The van der Waals surface area contributed by atoms with Crippen LogP contribution in [0.1, 0.15) is 22.6 Å². The number of nitrogens with zero attached hydrogens (tertiary/aromatic N) is 2. The molecule has 5 rings (SSSR count). The van der Waals surface area contributed by atoms with E-state index >= 15 is 0 Å². The number of fused-ring (bicyclic) bond motifs is 2. The standard InChI is InChI=1S/C25H20Cl2FN3O4/c1-30-12-16(23(31(33)34)25(30)17-7-3-5-9-21(17)29-24(25)32)15-10-18(26)22(19(27)11-15)35-13-14-6-2-4-8-20(14)28/h2-11,16,23H,12-13H2,1H3,(H,29,32)/t16-,23-,25-/m1/s1. The second-order valence-electron chi connectivity index (χ2n) is 8.68. The summed E-state index contributed by atoms with van der Waals surface area (Å²) in [6.07, 6.45) is 0. The quantitative estimate of drug-likeness (QED) is 0.371. The Bertz CT molecular complexity index is 1330. The van der Waals surface area contributed by atoms with Crippen molar-refractivity contribution in [2.24, 2.45) is 0 Å². The van der Waals surface area contributed by atoms with E-state index in [9.17, 15) is 19.3 Å². The van der Waals surface area contributed by atoms with Gasteiger partial charge in [0.2, 0.25) is 0 Å². The number of para-hydroxylation sites is 1. The number of nitrogens with one attached hydrogen (secondary N) is 1. The summed E-state index contributed by atoms with van der Waals surface area (Å²) in [4.78, 5) is 27.0. The van der Waals surface area contributed by atoms with Crippen LogP contribution in [0.25, 0.3) is 0 Å². The number of hydrogen-bond acceptors (Lipinski definition) is 5. The maximum absolute atomic E-state index is 14.0. The second kappa shape index (κ2) is 8.78. The number of anilines is 1. The zero-order valence-corrected chi connectivity index (χ0v) is 20.0. The van der Waals surface area contributed by atoms with Crippen molar-refractivity contribution in [2.75, 3.05) is 18.9 Å². The van der Waals surface area contributed by atoms with Crippen molar-refractivity contribution >= 4 is 34.8 Å². The van der Waals surface area contributed by atoms with Crippen LogP contribution in [-0.4, -0.2) is 35.4 Å². The van der Waals surface area contributed by atoms with Crippen molar-refractivity contribution in [2.45, 2.75) is 24.1 Å². The molecule has 1 spiro atoms. The van der Waals surface area contributed by atoms with Crippen LogP contribution < -0.4 is 10.1 Å². The van der Waals surface area contributed by atoms with Crippen LogP contribution in [0, 0.1) is 15.9 Å². The molecule has 2 heterocycles. The van der Waals surface area contributed by atoms with E-state index in [1.807, 2.05) is 0 Å². The Morgan fingerprint density at radius 1 is 1.17 bits per heavy atom. The summed E-state index contributed by atoms with van der Waals surface area (Å²) in [5, 5.41) is 15.5. The number of carbonyl (C=O) groups is 1. The fourth-order valence-corrected chi connectivity index (χ4v) is 5.89. The van der Waals surface area contributed by atoms with Gasteiger partial charge in [-0.2, -0.15) is 0 Å². The van der Waals surface area contributed by atoms with Crippen LogP contribution in [0.15, 0.2) is 60.7 Å². The molecule has 1 fully saturated rings. The van der Waals surface area contributed by atoms with Crippen molar-refractivity contribution in [3.63, 3.8) is 0 Å². The van der Waals surface area contributed by atoms with Gasteiger partial charge in [-0.3, -0.25) is 19.8 Å². The average Bonchev–Trinajstić information content (AvgIpc) is 3.29. The Labute approximate surface area is 210 Å².